The second-order valence-electron chi connectivity index (χ2n) is 5.39. The van der Waals surface area contributed by atoms with E-state index >= 15 is 0 Å². The fraction of sp³-hybridized carbons (Fsp3) is 0.533. The number of carbonyl (C=O) groups is 1. The van der Waals surface area contributed by atoms with Crippen molar-refractivity contribution in [2.24, 2.45) is 0 Å². The lowest BCUT2D eigenvalue weighted by atomic mass is 10.1. The van der Waals surface area contributed by atoms with Gasteiger partial charge < -0.3 is 10.2 Å². The molecule has 1 N–H and O–H groups in total. The Balaban J connectivity index is 1.77. The zero-order chi connectivity index (χ0) is 12.5. The minimum atomic E-state index is 0.144. The van der Waals surface area contributed by atoms with E-state index in [1.165, 1.54) is 36.9 Å². The van der Waals surface area contributed by atoms with Crippen molar-refractivity contribution in [2.75, 3.05) is 16.8 Å². The molecule has 0 radical (unpaired) electrons. The van der Waals surface area contributed by atoms with E-state index in [2.05, 4.69) is 23.5 Å². The van der Waals surface area contributed by atoms with Crippen molar-refractivity contribution in [2.45, 2.75) is 45.1 Å². The van der Waals surface area contributed by atoms with Gasteiger partial charge in [0.1, 0.15) is 0 Å². The third-order valence-electron chi connectivity index (χ3n) is 4.08. The number of anilines is 2. The van der Waals surface area contributed by atoms with Gasteiger partial charge in [-0.1, -0.05) is 12.8 Å². The summed E-state index contributed by atoms with van der Waals surface area (Å²) >= 11 is 0. The van der Waals surface area contributed by atoms with E-state index in [0.717, 1.165) is 18.7 Å². The molecule has 3 heteroatoms. The van der Waals surface area contributed by atoms with E-state index in [4.69, 9.17) is 0 Å². The first kappa shape index (κ1) is 11.6. The van der Waals surface area contributed by atoms with Crippen LogP contribution in [0.25, 0.3) is 0 Å². The predicted octanol–water partition coefficient (Wildman–Crippen LogP) is 2.95. The van der Waals surface area contributed by atoms with Crippen molar-refractivity contribution in [3.05, 3.63) is 23.8 Å². The minimum Gasteiger partial charge on any atom is -0.382 e. The molecule has 1 fully saturated rings. The first-order chi connectivity index (χ1) is 8.74. The van der Waals surface area contributed by atoms with Gasteiger partial charge in [-0.25, -0.2) is 0 Å². The Kier molecular flexibility index (Phi) is 2.98. The zero-order valence-corrected chi connectivity index (χ0v) is 10.9. The molecular formula is C15H20N2O. The molecule has 1 aromatic carbocycles. The van der Waals surface area contributed by atoms with Gasteiger partial charge in [0.25, 0.3) is 0 Å². The molecule has 0 atom stereocenters. The van der Waals surface area contributed by atoms with Crippen LogP contribution in [0.3, 0.4) is 0 Å². The third-order valence-corrected chi connectivity index (χ3v) is 4.08. The molecule has 1 amide bonds. The summed E-state index contributed by atoms with van der Waals surface area (Å²) in [4.78, 5) is 13.4. The summed E-state index contributed by atoms with van der Waals surface area (Å²) in [7, 11) is 0. The van der Waals surface area contributed by atoms with E-state index in [0.29, 0.717) is 6.04 Å². The van der Waals surface area contributed by atoms with E-state index in [1.54, 1.807) is 6.92 Å². The molecule has 0 bridgehead atoms. The second kappa shape index (κ2) is 4.63. The largest absolute Gasteiger partial charge is 0.382 e. The third kappa shape index (κ3) is 2.09. The maximum atomic E-state index is 11.5. The van der Waals surface area contributed by atoms with Gasteiger partial charge in [0, 0.05) is 30.9 Å². The van der Waals surface area contributed by atoms with Gasteiger partial charge in [-0.05, 0) is 43.0 Å². The lowest BCUT2D eigenvalue weighted by molar-refractivity contribution is -0.116. The zero-order valence-electron chi connectivity index (χ0n) is 10.9. The number of fused-ring (bicyclic) bond motifs is 1. The van der Waals surface area contributed by atoms with E-state index < -0.39 is 0 Å². The summed E-state index contributed by atoms with van der Waals surface area (Å²) in [5.74, 6) is 0.144. The highest BCUT2D eigenvalue weighted by molar-refractivity contribution is 5.94. The van der Waals surface area contributed by atoms with E-state index in [1.807, 2.05) is 4.90 Å². The quantitative estimate of drug-likeness (QED) is 0.867. The Bertz CT molecular complexity index is 464. The first-order valence-corrected chi connectivity index (χ1v) is 6.91. The molecule has 0 unspecified atom stereocenters. The van der Waals surface area contributed by atoms with Gasteiger partial charge in [0.2, 0.25) is 5.91 Å². The van der Waals surface area contributed by atoms with Crippen molar-refractivity contribution in [3.63, 3.8) is 0 Å². The number of rotatable bonds is 2. The van der Waals surface area contributed by atoms with E-state index in [-0.39, 0.29) is 5.91 Å². The monoisotopic (exact) mass is 244 g/mol. The lowest BCUT2D eigenvalue weighted by Crippen LogP contribution is -2.25. The molecular weight excluding hydrogens is 224 g/mol. The van der Waals surface area contributed by atoms with Crippen LogP contribution in [0, 0.1) is 0 Å². The minimum absolute atomic E-state index is 0.144. The maximum absolute atomic E-state index is 11.5. The molecule has 0 spiro atoms. The summed E-state index contributed by atoms with van der Waals surface area (Å²) in [6.07, 6.45) is 6.25. The number of amides is 1. The number of benzene rings is 1. The van der Waals surface area contributed by atoms with E-state index in [9.17, 15) is 4.79 Å². The molecule has 3 nitrogen and oxygen atoms in total. The number of carbonyl (C=O) groups excluding carboxylic acids is 1. The van der Waals surface area contributed by atoms with Crippen molar-refractivity contribution in [3.8, 4) is 0 Å². The van der Waals surface area contributed by atoms with Crippen LogP contribution in [0.5, 0.6) is 0 Å². The van der Waals surface area contributed by atoms with Crippen LogP contribution >= 0.6 is 0 Å². The maximum Gasteiger partial charge on any atom is 0.223 e. The Morgan fingerprint density at radius 2 is 2.11 bits per heavy atom. The van der Waals surface area contributed by atoms with Crippen LogP contribution in [0.1, 0.15) is 38.2 Å². The average molecular weight is 244 g/mol. The van der Waals surface area contributed by atoms with Gasteiger partial charge in [-0.3, -0.25) is 4.79 Å². The number of nitrogens with one attached hydrogen (secondary N) is 1. The summed E-state index contributed by atoms with van der Waals surface area (Å²) in [5.41, 5.74) is 3.61. The molecule has 1 aromatic rings. The number of hydrogen-bond acceptors (Lipinski definition) is 2. The molecule has 0 aromatic heterocycles. The topological polar surface area (TPSA) is 32.3 Å². The Morgan fingerprint density at radius 3 is 2.83 bits per heavy atom. The fourth-order valence-corrected chi connectivity index (χ4v) is 3.12. The second-order valence-corrected chi connectivity index (χ2v) is 5.39. The summed E-state index contributed by atoms with van der Waals surface area (Å²) in [6.45, 7) is 2.47. The molecule has 1 aliphatic heterocycles. The summed E-state index contributed by atoms with van der Waals surface area (Å²) in [5, 5.41) is 3.61. The van der Waals surface area contributed by atoms with Gasteiger partial charge in [-0.2, -0.15) is 0 Å². The molecule has 2 aliphatic rings. The van der Waals surface area contributed by atoms with Crippen LogP contribution in [-0.2, 0) is 11.2 Å². The summed E-state index contributed by atoms with van der Waals surface area (Å²) in [6, 6.07) is 7.06. The smallest absolute Gasteiger partial charge is 0.223 e. The highest BCUT2D eigenvalue weighted by atomic mass is 16.2. The van der Waals surface area contributed by atoms with Crippen molar-refractivity contribution >= 4 is 17.3 Å². The van der Waals surface area contributed by atoms with Crippen LogP contribution < -0.4 is 10.2 Å². The van der Waals surface area contributed by atoms with Crippen molar-refractivity contribution < 1.29 is 4.79 Å². The highest BCUT2D eigenvalue weighted by Crippen LogP contribution is 2.31. The normalized spacial score (nSPS) is 19.1. The SMILES string of the molecule is CC(=O)N1CCc2cc(NC3CCCC3)ccc21. The molecule has 1 saturated carbocycles. The van der Waals surface area contributed by atoms with Gasteiger partial charge in [0.15, 0.2) is 0 Å². The Hall–Kier alpha value is -1.51. The van der Waals surface area contributed by atoms with Gasteiger partial charge >= 0.3 is 0 Å². The Labute approximate surface area is 108 Å². The van der Waals surface area contributed by atoms with Crippen LogP contribution in [0.2, 0.25) is 0 Å². The predicted molar refractivity (Wildman–Crippen MR) is 74.1 cm³/mol. The molecule has 1 heterocycles. The van der Waals surface area contributed by atoms with Crippen molar-refractivity contribution in [1.82, 2.24) is 0 Å². The summed E-state index contributed by atoms with van der Waals surface area (Å²) < 4.78 is 0. The van der Waals surface area contributed by atoms with Gasteiger partial charge in [0.05, 0.1) is 0 Å². The van der Waals surface area contributed by atoms with Gasteiger partial charge in [-0.15, -0.1) is 0 Å². The number of nitrogens with zero attached hydrogens (tertiary/aromatic N) is 1. The molecule has 96 valence electrons. The highest BCUT2D eigenvalue weighted by Gasteiger charge is 2.22. The fourth-order valence-electron chi connectivity index (χ4n) is 3.12. The molecule has 3 rings (SSSR count). The molecule has 18 heavy (non-hydrogen) atoms. The molecule has 0 saturated heterocycles. The lowest BCUT2D eigenvalue weighted by Gasteiger charge is -2.17. The average Bonchev–Trinajstić information content (AvgIpc) is 2.97. The number of hydrogen-bond donors (Lipinski definition) is 1. The van der Waals surface area contributed by atoms with Crippen LogP contribution in [0.15, 0.2) is 18.2 Å². The first-order valence-electron chi connectivity index (χ1n) is 6.91. The standard InChI is InChI=1S/C15H20N2O/c1-11(18)17-9-8-12-10-14(6-7-15(12)17)16-13-4-2-3-5-13/h6-7,10,13,16H,2-5,8-9H2,1H3. The van der Waals surface area contributed by atoms with Crippen LogP contribution in [0.4, 0.5) is 11.4 Å². The Morgan fingerprint density at radius 1 is 1.33 bits per heavy atom. The van der Waals surface area contributed by atoms with Crippen LogP contribution in [-0.4, -0.2) is 18.5 Å². The molecule has 1 aliphatic carbocycles. The van der Waals surface area contributed by atoms with Crippen molar-refractivity contribution in [1.29, 1.82) is 0 Å².